The molecule has 1 aromatic heterocycles. The van der Waals surface area contributed by atoms with E-state index in [1.165, 1.54) is 31.4 Å². The summed E-state index contributed by atoms with van der Waals surface area (Å²) < 4.78 is 38.9. The quantitative estimate of drug-likeness (QED) is 0.633. The van der Waals surface area contributed by atoms with Gasteiger partial charge < -0.3 is 14.2 Å². The topological polar surface area (TPSA) is 102 Å². The van der Waals surface area contributed by atoms with Crippen LogP contribution in [0.1, 0.15) is 29.8 Å². The maximum atomic E-state index is 13.0. The maximum Gasteiger partial charge on any atom is 0.276 e. The number of amides is 1. The minimum atomic E-state index is -3.98. The molecule has 1 aliphatic rings. The number of hydrogen-bond donors (Lipinski definition) is 1. The molecule has 0 bridgehead atoms. The van der Waals surface area contributed by atoms with Gasteiger partial charge in [0.15, 0.2) is 11.3 Å². The van der Waals surface area contributed by atoms with E-state index in [0.29, 0.717) is 34.8 Å². The Hall–Kier alpha value is -2.78. The first-order valence-corrected chi connectivity index (χ1v) is 11.3. The van der Waals surface area contributed by atoms with Gasteiger partial charge in [0.2, 0.25) is 0 Å². The SMILES string of the molecule is COc1ccc(Cl)cc1NS(=O)(=O)c1ccc2onc(C(=O)N3CCCCC3)c2c1. The Kier molecular flexibility index (Phi) is 5.57. The largest absolute Gasteiger partial charge is 0.495 e. The molecule has 1 fully saturated rings. The summed E-state index contributed by atoms with van der Waals surface area (Å²) in [5, 5.41) is 4.61. The van der Waals surface area contributed by atoms with Gasteiger partial charge in [0, 0.05) is 18.1 Å². The number of likely N-dealkylation sites (tertiary alicyclic amines) is 1. The predicted octanol–water partition coefficient (Wildman–Crippen LogP) is 3.92. The van der Waals surface area contributed by atoms with Crippen molar-refractivity contribution in [3.8, 4) is 5.75 Å². The highest BCUT2D eigenvalue weighted by atomic mass is 35.5. The molecule has 158 valence electrons. The van der Waals surface area contributed by atoms with Crippen molar-refractivity contribution in [3.05, 3.63) is 47.1 Å². The molecule has 0 saturated carbocycles. The number of benzene rings is 2. The molecule has 0 atom stereocenters. The third kappa shape index (κ3) is 3.95. The summed E-state index contributed by atoms with van der Waals surface area (Å²) in [5.74, 6) is 0.0717. The van der Waals surface area contributed by atoms with Crippen LogP contribution >= 0.6 is 11.6 Å². The third-order valence-corrected chi connectivity index (χ3v) is 6.60. The molecule has 0 unspecified atom stereocenters. The molecule has 1 amide bonds. The van der Waals surface area contributed by atoms with E-state index in [1.807, 2.05) is 0 Å². The summed E-state index contributed by atoms with van der Waals surface area (Å²) in [4.78, 5) is 14.5. The van der Waals surface area contributed by atoms with E-state index in [-0.39, 0.29) is 22.2 Å². The fourth-order valence-corrected chi connectivity index (χ4v) is 4.71. The lowest BCUT2D eigenvalue weighted by molar-refractivity contribution is 0.0716. The van der Waals surface area contributed by atoms with Crippen molar-refractivity contribution < 1.29 is 22.5 Å². The zero-order valence-electron chi connectivity index (χ0n) is 16.2. The molecule has 30 heavy (non-hydrogen) atoms. The number of hydrogen-bond acceptors (Lipinski definition) is 6. The van der Waals surface area contributed by atoms with Gasteiger partial charge in [-0.15, -0.1) is 0 Å². The monoisotopic (exact) mass is 449 g/mol. The van der Waals surface area contributed by atoms with Gasteiger partial charge in [0.1, 0.15) is 5.75 Å². The lowest BCUT2D eigenvalue weighted by atomic mass is 10.1. The van der Waals surface area contributed by atoms with E-state index < -0.39 is 10.0 Å². The van der Waals surface area contributed by atoms with Gasteiger partial charge in [-0.25, -0.2) is 8.42 Å². The number of nitrogens with one attached hydrogen (secondary N) is 1. The van der Waals surface area contributed by atoms with Crippen LogP contribution in [0.2, 0.25) is 5.02 Å². The van der Waals surface area contributed by atoms with Gasteiger partial charge in [0.05, 0.1) is 23.1 Å². The Morgan fingerprint density at radius 2 is 1.93 bits per heavy atom. The zero-order valence-corrected chi connectivity index (χ0v) is 17.8. The molecule has 0 aliphatic carbocycles. The Labute approximate surface area is 178 Å². The first kappa shape index (κ1) is 20.5. The van der Waals surface area contributed by atoms with Crippen LogP contribution in [-0.2, 0) is 10.0 Å². The molecule has 2 heterocycles. The number of fused-ring (bicyclic) bond motifs is 1. The number of aromatic nitrogens is 1. The Balaban J connectivity index is 1.69. The van der Waals surface area contributed by atoms with Crippen molar-refractivity contribution in [2.24, 2.45) is 0 Å². The normalized spacial score (nSPS) is 14.7. The minimum absolute atomic E-state index is 0.0343. The highest BCUT2D eigenvalue weighted by molar-refractivity contribution is 7.92. The second-order valence-corrected chi connectivity index (χ2v) is 9.11. The number of rotatable bonds is 5. The summed E-state index contributed by atoms with van der Waals surface area (Å²) in [6, 6.07) is 8.89. The molecule has 2 aromatic carbocycles. The minimum Gasteiger partial charge on any atom is -0.495 e. The number of halogens is 1. The Morgan fingerprint density at radius 3 is 2.67 bits per heavy atom. The number of ether oxygens (including phenoxy) is 1. The van der Waals surface area contributed by atoms with Crippen molar-refractivity contribution >= 4 is 44.2 Å². The molecule has 4 rings (SSSR count). The molecular weight excluding hydrogens is 430 g/mol. The average molecular weight is 450 g/mol. The number of anilines is 1. The van der Waals surface area contributed by atoms with E-state index in [2.05, 4.69) is 9.88 Å². The van der Waals surface area contributed by atoms with Crippen LogP contribution in [0, 0.1) is 0 Å². The predicted molar refractivity (Wildman–Crippen MR) is 113 cm³/mol. The van der Waals surface area contributed by atoms with Gasteiger partial charge >= 0.3 is 0 Å². The molecule has 1 aliphatic heterocycles. The second-order valence-electron chi connectivity index (χ2n) is 6.99. The first-order valence-electron chi connectivity index (χ1n) is 9.44. The summed E-state index contributed by atoms with van der Waals surface area (Å²) in [7, 11) is -2.55. The van der Waals surface area contributed by atoms with Crippen molar-refractivity contribution in [1.29, 1.82) is 0 Å². The lowest BCUT2D eigenvalue weighted by Gasteiger charge is -2.25. The van der Waals surface area contributed by atoms with Crippen LogP contribution in [0.5, 0.6) is 5.75 Å². The van der Waals surface area contributed by atoms with Crippen LogP contribution < -0.4 is 9.46 Å². The van der Waals surface area contributed by atoms with Gasteiger partial charge in [-0.1, -0.05) is 16.8 Å². The standard InChI is InChI=1S/C20H20ClN3O5S/c1-28-18-7-5-13(21)11-16(18)23-30(26,27)14-6-8-17-15(12-14)19(22-29-17)20(25)24-9-3-2-4-10-24/h5-8,11-12,23H,2-4,9-10H2,1H3. The first-order chi connectivity index (χ1) is 14.4. The van der Waals surface area contributed by atoms with Gasteiger partial charge in [-0.05, 0) is 55.7 Å². The van der Waals surface area contributed by atoms with Crippen LogP contribution in [0.3, 0.4) is 0 Å². The smallest absolute Gasteiger partial charge is 0.276 e. The fraction of sp³-hybridized carbons (Fsp3) is 0.300. The highest BCUT2D eigenvalue weighted by Gasteiger charge is 2.25. The summed E-state index contributed by atoms with van der Waals surface area (Å²) in [5.41, 5.74) is 0.666. The average Bonchev–Trinajstić information content (AvgIpc) is 3.17. The van der Waals surface area contributed by atoms with Crippen molar-refractivity contribution in [2.45, 2.75) is 24.2 Å². The number of sulfonamides is 1. The van der Waals surface area contributed by atoms with Crippen LogP contribution in [-0.4, -0.2) is 44.6 Å². The van der Waals surface area contributed by atoms with Crippen LogP contribution in [0.4, 0.5) is 5.69 Å². The number of carbonyl (C=O) groups is 1. The van der Waals surface area contributed by atoms with Gasteiger partial charge in [-0.2, -0.15) is 0 Å². The molecule has 0 radical (unpaired) electrons. The van der Waals surface area contributed by atoms with E-state index in [9.17, 15) is 13.2 Å². The van der Waals surface area contributed by atoms with E-state index in [4.69, 9.17) is 20.9 Å². The highest BCUT2D eigenvalue weighted by Crippen LogP contribution is 2.31. The van der Waals surface area contributed by atoms with Crippen molar-refractivity contribution in [3.63, 3.8) is 0 Å². The number of methoxy groups -OCH3 is 1. The Morgan fingerprint density at radius 1 is 1.17 bits per heavy atom. The van der Waals surface area contributed by atoms with Crippen LogP contribution in [0.15, 0.2) is 45.8 Å². The molecule has 10 heteroatoms. The lowest BCUT2D eigenvalue weighted by Crippen LogP contribution is -2.35. The summed E-state index contributed by atoms with van der Waals surface area (Å²) in [6.45, 7) is 1.31. The fourth-order valence-electron chi connectivity index (χ4n) is 3.45. The van der Waals surface area contributed by atoms with Gasteiger partial charge in [-0.3, -0.25) is 9.52 Å². The van der Waals surface area contributed by atoms with Crippen LogP contribution in [0.25, 0.3) is 11.0 Å². The maximum absolute atomic E-state index is 13.0. The van der Waals surface area contributed by atoms with E-state index >= 15 is 0 Å². The van der Waals surface area contributed by atoms with Gasteiger partial charge in [0.25, 0.3) is 15.9 Å². The third-order valence-electron chi connectivity index (χ3n) is 5.00. The van der Waals surface area contributed by atoms with E-state index in [0.717, 1.165) is 19.3 Å². The molecule has 3 aromatic rings. The number of carbonyl (C=O) groups excluding carboxylic acids is 1. The van der Waals surface area contributed by atoms with Crippen molar-refractivity contribution in [2.75, 3.05) is 24.9 Å². The Bertz CT molecular complexity index is 1200. The summed E-state index contributed by atoms with van der Waals surface area (Å²) in [6.07, 6.45) is 2.96. The van der Waals surface area contributed by atoms with Crippen molar-refractivity contribution in [1.82, 2.24) is 10.1 Å². The summed E-state index contributed by atoms with van der Waals surface area (Å²) >= 11 is 5.99. The molecule has 1 saturated heterocycles. The molecule has 0 spiro atoms. The number of piperidine rings is 1. The molecular formula is C20H20ClN3O5S. The number of nitrogens with zero attached hydrogens (tertiary/aromatic N) is 2. The molecule has 8 nitrogen and oxygen atoms in total. The molecule has 1 N–H and O–H groups in total. The zero-order chi connectivity index (χ0) is 21.3. The second kappa shape index (κ2) is 8.16. The van der Waals surface area contributed by atoms with E-state index in [1.54, 1.807) is 17.0 Å².